The van der Waals surface area contributed by atoms with Gasteiger partial charge in [-0.2, -0.15) is 0 Å². The molecule has 8 heteroatoms. The van der Waals surface area contributed by atoms with Crippen LogP contribution in [0.1, 0.15) is 24.8 Å². The van der Waals surface area contributed by atoms with Crippen LogP contribution >= 0.6 is 0 Å². The van der Waals surface area contributed by atoms with E-state index in [9.17, 15) is 19.5 Å². The average molecular weight is 389 g/mol. The average Bonchev–Trinajstić information content (AvgIpc) is 2.69. The Kier molecular flexibility index (Phi) is 6.18. The van der Waals surface area contributed by atoms with Crippen LogP contribution in [0.3, 0.4) is 0 Å². The minimum atomic E-state index is -1.06. The maximum Gasteiger partial charge on any atom is 0.414 e. The fourth-order valence-electron chi connectivity index (χ4n) is 3.83. The van der Waals surface area contributed by atoms with Gasteiger partial charge in [-0.3, -0.25) is 9.69 Å². The van der Waals surface area contributed by atoms with E-state index in [0.29, 0.717) is 11.7 Å². The number of rotatable bonds is 6. The molecule has 3 aliphatic rings. The number of piperidine rings is 3. The summed E-state index contributed by atoms with van der Waals surface area (Å²) in [5, 5.41) is 12.3. The summed E-state index contributed by atoms with van der Waals surface area (Å²) < 4.78 is 5.15. The summed E-state index contributed by atoms with van der Waals surface area (Å²) in [6, 6.07) is 5.41. The van der Waals surface area contributed by atoms with Gasteiger partial charge in [0.25, 0.3) is 0 Å². The standard InChI is InChI=1S/C20H27N3O5/c1-22(2)20(27)28-15-5-3-13(4-6-15)11-16(19(25)26)21-18(24)17-12-14-7-9-23(17)10-8-14/h3-6,14,16-17H,7-12H2,1-2H3,(H,21,24)(H,25,26)/t16-,17?/m0/s1. The first-order chi connectivity index (χ1) is 13.3. The molecule has 1 aromatic carbocycles. The highest BCUT2D eigenvalue weighted by atomic mass is 16.6. The third kappa shape index (κ3) is 4.81. The Morgan fingerprint density at radius 2 is 1.86 bits per heavy atom. The predicted octanol–water partition coefficient (Wildman–Crippen LogP) is 1.34. The van der Waals surface area contributed by atoms with Gasteiger partial charge in [-0.1, -0.05) is 12.1 Å². The molecule has 3 saturated heterocycles. The molecule has 2 atom stereocenters. The fraction of sp³-hybridized carbons (Fsp3) is 0.550. The second-order valence-corrected chi connectivity index (χ2v) is 7.74. The molecule has 4 rings (SSSR count). The van der Waals surface area contributed by atoms with Crippen molar-refractivity contribution >= 4 is 18.0 Å². The van der Waals surface area contributed by atoms with Crippen molar-refractivity contribution in [3.8, 4) is 5.75 Å². The first kappa shape index (κ1) is 20.1. The molecule has 0 radical (unpaired) electrons. The van der Waals surface area contributed by atoms with Crippen molar-refractivity contribution < 1.29 is 24.2 Å². The molecule has 0 saturated carbocycles. The maximum absolute atomic E-state index is 12.7. The first-order valence-corrected chi connectivity index (χ1v) is 9.59. The van der Waals surface area contributed by atoms with Crippen LogP contribution < -0.4 is 10.1 Å². The Morgan fingerprint density at radius 3 is 2.36 bits per heavy atom. The molecular weight excluding hydrogens is 362 g/mol. The highest BCUT2D eigenvalue weighted by Crippen LogP contribution is 2.31. The lowest BCUT2D eigenvalue weighted by Crippen LogP contribution is -2.57. The quantitative estimate of drug-likeness (QED) is 0.762. The molecule has 0 aromatic heterocycles. The van der Waals surface area contributed by atoms with Crippen LogP contribution in [0.25, 0.3) is 0 Å². The van der Waals surface area contributed by atoms with Gasteiger partial charge < -0.3 is 20.1 Å². The molecule has 152 valence electrons. The highest BCUT2D eigenvalue weighted by molar-refractivity contribution is 5.87. The fourth-order valence-corrected chi connectivity index (χ4v) is 3.83. The van der Waals surface area contributed by atoms with Crippen LogP contribution in [0.5, 0.6) is 5.75 Å². The Hall–Kier alpha value is -2.61. The predicted molar refractivity (Wildman–Crippen MR) is 102 cm³/mol. The molecule has 3 heterocycles. The zero-order valence-electron chi connectivity index (χ0n) is 16.3. The number of nitrogens with one attached hydrogen (secondary N) is 1. The SMILES string of the molecule is CN(C)C(=O)Oc1ccc(C[C@H](NC(=O)C2CC3CCN2CC3)C(=O)O)cc1. The van der Waals surface area contributed by atoms with Gasteiger partial charge in [-0.15, -0.1) is 0 Å². The van der Waals surface area contributed by atoms with E-state index in [-0.39, 0.29) is 18.4 Å². The van der Waals surface area contributed by atoms with Gasteiger partial charge >= 0.3 is 12.1 Å². The maximum atomic E-state index is 12.7. The zero-order valence-corrected chi connectivity index (χ0v) is 16.3. The molecule has 3 fully saturated rings. The van der Waals surface area contributed by atoms with E-state index in [1.54, 1.807) is 38.4 Å². The molecule has 8 nitrogen and oxygen atoms in total. The molecule has 0 spiro atoms. The van der Waals surface area contributed by atoms with Crippen molar-refractivity contribution in [1.82, 2.24) is 15.1 Å². The minimum absolute atomic E-state index is 0.166. The Bertz CT molecular complexity index is 726. The number of carboxylic acids is 1. The Morgan fingerprint density at radius 1 is 1.21 bits per heavy atom. The number of carbonyl (C=O) groups is 3. The normalized spacial score (nSPS) is 24.3. The summed E-state index contributed by atoms with van der Waals surface area (Å²) in [5.41, 5.74) is 0.739. The van der Waals surface area contributed by atoms with Gasteiger partial charge in [0.15, 0.2) is 0 Å². The van der Waals surface area contributed by atoms with Crippen molar-refractivity contribution in [3.05, 3.63) is 29.8 Å². The number of hydrogen-bond donors (Lipinski definition) is 2. The van der Waals surface area contributed by atoms with Crippen molar-refractivity contribution in [2.24, 2.45) is 5.92 Å². The number of carbonyl (C=O) groups excluding carboxylic acids is 2. The summed E-state index contributed by atoms with van der Waals surface area (Å²) in [5.74, 6) is -0.313. The largest absolute Gasteiger partial charge is 0.480 e. The molecule has 1 aromatic rings. The monoisotopic (exact) mass is 389 g/mol. The lowest BCUT2D eigenvalue weighted by Gasteiger charge is -2.44. The third-order valence-electron chi connectivity index (χ3n) is 5.50. The summed E-state index contributed by atoms with van der Waals surface area (Å²) in [7, 11) is 3.18. The van der Waals surface area contributed by atoms with Crippen LogP contribution in [0.2, 0.25) is 0 Å². The highest BCUT2D eigenvalue weighted by Gasteiger charge is 2.38. The molecule has 3 aliphatic heterocycles. The van der Waals surface area contributed by atoms with Crippen LogP contribution in [0, 0.1) is 5.92 Å². The van der Waals surface area contributed by atoms with Crippen molar-refractivity contribution in [1.29, 1.82) is 0 Å². The third-order valence-corrected chi connectivity index (χ3v) is 5.50. The summed E-state index contributed by atoms with van der Waals surface area (Å²) in [6.45, 7) is 1.82. The number of aliphatic carboxylic acids is 1. The number of carboxylic acid groups (broad SMARTS) is 1. The smallest absolute Gasteiger partial charge is 0.414 e. The second kappa shape index (κ2) is 8.60. The lowest BCUT2D eigenvalue weighted by molar-refractivity contribution is -0.143. The van der Waals surface area contributed by atoms with Gasteiger partial charge in [-0.05, 0) is 56.0 Å². The van der Waals surface area contributed by atoms with Crippen molar-refractivity contribution in [2.75, 3.05) is 27.2 Å². The number of amides is 2. The molecular formula is C20H27N3O5. The zero-order chi connectivity index (χ0) is 20.3. The van der Waals surface area contributed by atoms with E-state index in [1.165, 1.54) is 4.90 Å². The van der Waals surface area contributed by atoms with Gasteiger partial charge in [0.2, 0.25) is 5.91 Å². The summed E-state index contributed by atoms with van der Waals surface area (Å²) >= 11 is 0. The van der Waals surface area contributed by atoms with Crippen LogP contribution in [0.4, 0.5) is 4.79 Å². The topological polar surface area (TPSA) is 99.2 Å². The van der Waals surface area contributed by atoms with Gasteiger partial charge in [0, 0.05) is 20.5 Å². The first-order valence-electron chi connectivity index (χ1n) is 9.59. The van der Waals surface area contributed by atoms with Crippen LogP contribution in [-0.2, 0) is 16.0 Å². The number of benzene rings is 1. The molecule has 28 heavy (non-hydrogen) atoms. The van der Waals surface area contributed by atoms with E-state index in [1.807, 2.05) is 0 Å². The number of fused-ring (bicyclic) bond motifs is 3. The van der Waals surface area contributed by atoms with Crippen LogP contribution in [-0.4, -0.2) is 72.1 Å². The van der Waals surface area contributed by atoms with Gasteiger partial charge in [0.05, 0.1) is 6.04 Å². The van der Waals surface area contributed by atoms with E-state index >= 15 is 0 Å². The molecule has 0 aliphatic carbocycles. The molecule has 2 bridgehead atoms. The molecule has 2 amide bonds. The Labute approximate surface area is 164 Å². The minimum Gasteiger partial charge on any atom is -0.480 e. The summed E-state index contributed by atoms with van der Waals surface area (Å²) in [6.07, 6.45) is 2.73. The Balaban J connectivity index is 1.59. The van der Waals surface area contributed by atoms with Crippen molar-refractivity contribution in [3.63, 3.8) is 0 Å². The molecule has 1 unspecified atom stereocenters. The van der Waals surface area contributed by atoms with Gasteiger partial charge in [0.1, 0.15) is 11.8 Å². The van der Waals surface area contributed by atoms with E-state index in [0.717, 1.165) is 37.9 Å². The van der Waals surface area contributed by atoms with Gasteiger partial charge in [-0.25, -0.2) is 9.59 Å². The summed E-state index contributed by atoms with van der Waals surface area (Å²) in [4.78, 5) is 39.4. The number of ether oxygens (including phenoxy) is 1. The van der Waals surface area contributed by atoms with E-state index in [4.69, 9.17) is 4.74 Å². The van der Waals surface area contributed by atoms with Crippen LogP contribution in [0.15, 0.2) is 24.3 Å². The number of hydrogen-bond acceptors (Lipinski definition) is 5. The number of nitrogens with zero attached hydrogens (tertiary/aromatic N) is 2. The molecule has 2 N–H and O–H groups in total. The van der Waals surface area contributed by atoms with E-state index in [2.05, 4.69) is 10.2 Å². The second-order valence-electron chi connectivity index (χ2n) is 7.74. The van der Waals surface area contributed by atoms with Crippen molar-refractivity contribution in [2.45, 2.75) is 37.8 Å². The lowest BCUT2D eigenvalue weighted by atomic mass is 9.83. The van der Waals surface area contributed by atoms with E-state index < -0.39 is 18.1 Å².